The normalized spacial score (nSPS) is 11.3. The number of nitriles is 1. The van der Waals surface area contributed by atoms with Gasteiger partial charge < -0.3 is 14.5 Å². The fourth-order valence-electron chi connectivity index (χ4n) is 1.27. The first kappa shape index (κ1) is 11.8. The van der Waals surface area contributed by atoms with E-state index in [9.17, 15) is 0 Å². The van der Waals surface area contributed by atoms with Crippen molar-refractivity contribution < 1.29 is 9.15 Å². The van der Waals surface area contributed by atoms with Crippen LogP contribution in [0, 0.1) is 11.3 Å². The summed E-state index contributed by atoms with van der Waals surface area (Å²) in [7, 11) is 1.67. The number of furan rings is 1. The molecule has 0 bridgehead atoms. The van der Waals surface area contributed by atoms with Crippen LogP contribution >= 0.6 is 0 Å². The molecule has 0 saturated heterocycles. The molecule has 4 nitrogen and oxygen atoms in total. The molecule has 1 rings (SSSR count). The lowest BCUT2D eigenvalue weighted by Crippen LogP contribution is -2.42. The van der Waals surface area contributed by atoms with Gasteiger partial charge in [0.1, 0.15) is 11.8 Å². The number of rotatable bonds is 5. The Hall–Kier alpha value is -1.31. The molecule has 0 aliphatic heterocycles. The van der Waals surface area contributed by atoms with Crippen molar-refractivity contribution in [1.29, 1.82) is 5.26 Å². The Kier molecular flexibility index (Phi) is 3.89. The highest BCUT2D eigenvalue weighted by Crippen LogP contribution is 2.09. The minimum atomic E-state index is -0.103. The molecule has 0 aromatic carbocycles. The molecule has 82 valence electrons. The Morgan fingerprint density at radius 2 is 2.27 bits per heavy atom. The molecule has 0 amide bonds. The maximum absolute atomic E-state index is 8.58. The summed E-state index contributed by atoms with van der Waals surface area (Å²) in [6, 6.07) is 5.42. The Bertz CT molecular complexity index is 350. The van der Waals surface area contributed by atoms with Crippen molar-refractivity contribution in [3.05, 3.63) is 23.7 Å². The fraction of sp³-hybridized carbons (Fsp3) is 0.545. The second-order valence-electron chi connectivity index (χ2n) is 4.05. The molecular formula is C11H16N2O2. The van der Waals surface area contributed by atoms with E-state index in [0.717, 1.165) is 5.76 Å². The molecule has 4 heteroatoms. The average molecular weight is 208 g/mol. The van der Waals surface area contributed by atoms with Crippen LogP contribution in [0.1, 0.15) is 25.4 Å². The van der Waals surface area contributed by atoms with Crippen molar-refractivity contribution in [3.63, 3.8) is 0 Å². The highest BCUT2D eigenvalue weighted by atomic mass is 16.5. The van der Waals surface area contributed by atoms with Crippen LogP contribution in [0.15, 0.2) is 16.5 Å². The van der Waals surface area contributed by atoms with Gasteiger partial charge in [-0.25, -0.2) is 0 Å². The molecule has 0 unspecified atom stereocenters. The standard InChI is InChI=1S/C11H16N2O2/c1-11(2,8-14-3)13-7-10-5-4-9(6-12)15-10/h4-5,13H,7-8H2,1-3H3. The van der Waals surface area contributed by atoms with Gasteiger partial charge in [-0.1, -0.05) is 0 Å². The molecule has 0 spiro atoms. The summed E-state index contributed by atoms with van der Waals surface area (Å²) < 4.78 is 10.3. The van der Waals surface area contributed by atoms with E-state index >= 15 is 0 Å². The van der Waals surface area contributed by atoms with E-state index in [1.54, 1.807) is 19.2 Å². The maximum Gasteiger partial charge on any atom is 0.203 e. The Morgan fingerprint density at radius 3 is 2.80 bits per heavy atom. The molecule has 0 fully saturated rings. The molecule has 1 aromatic heterocycles. The van der Waals surface area contributed by atoms with Gasteiger partial charge in [0, 0.05) is 12.6 Å². The van der Waals surface area contributed by atoms with Crippen molar-refractivity contribution >= 4 is 0 Å². The number of nitrogens with one attached hydrogen (secondary N) is 1. The minimum Gasteiger partial charge on any atom is -0.449 e. The van der Waals surface area contributed by atoms with Gasteiger partial charge in [-0.15, -0.1) is 0 Å². The largest absolute Gasteiger partial charge is 0.449 e. The third-order valence-electron chi connectivity index (χ3n) is 2.02. The van der Waals surface area contributed by atoms with Crippen molar-refractivity contribution in [3.8, 4) is 6.07 Å². The van der Waals surface area contributed by atoms with Gasteiger partial charge in [0.2, 0.25) is 5.76 Å². The van der Waals surface area contributed by atoms with E-state index in [2.05, 4.69) is 5.32 Å². The zero-order valence-electron chi connectivity index (χ0n) is 9.33. The van der Waals surface area contributed by atoms with E-state index in [0.29, 0.717) is 18.9 Å². The lowest BCUT2D eigenvalue weighted by molar-refractivity contribution is 0.126. The SMILES string of the molecule is COCC(C)(C)NCc1ccc(C#N)o1. The second-order valence-corrected chi connectivity index (χ2v) is 4.05. The summed E-state index contributed by atoms with van der Waals surface area (Å²) in [5.41, 5.74) is -0.103. The molecule has 0 radical (unpaired) electrons. The first-order valence-electron chi connectivity index (χ1n) is 4.80. The lowest BCUT2D eigenvalue weighted by atomic mass is 10.1. The lowest BCUT2D eigenvalue weighted by Gasteiger charge is -2.24. The highest BCUT2D eigenvalue weighted by Gasteiger charge is 2.16. The van der Waals surface area contributed by atoms with Crippen molar-refractivity contribution in [2.75, 3.05) is 13.7 Å². The molecule has 1 aromatic rings. The third-order valence-corrected chi connectivity index (χ3v) is 2.02. The van der Waals surface area contributed by atoms with Gasteiger partial charge in [-0.2, -0.15) is 5.26 Å². The van der Waals surface area contributed by atoms with Crippen LogP contribution in [-0.4, -0.2) is 19.3 Å². The van der Waals surface area contributed by atoms with Crippen LogP contribution in [0.5, 0.6) is 0 Å². The molecule has 15 heavy (non-hydrogen) atoms. The van der Waals surface area contributed by atoms with E-state index in [4.69, 9.17) is 14.4 Å². The van der Waals surface area contributed by atoms with E-state index in [1.807, 2.05) is 19.9 Å². The van der Waals surface area contributed by atoms with Crippen molar-refractivity contribution in [2.24, 2.45) is 0 Å². The Morgan fingerprint density at radius 1 is 1.53 bits per heavy atom. The zero-order chi connectivity index (χ0) is 11.3. The quantitative estimate of drug-likeness (QED) is 0.799. The van der Waals surface area contributed by atoms with Crippen LogP contribution in [0.3, 0.4) is 0 Å². The number of methoxy groups -OCH3 is 1. The van der Waals surface area contributed by atoms with Crippen molar-refractivity contribution in [1.82, 2.24) is 5.32 Å². The molecule has 0 aliphatic rings. The Balaban J connectivity index is 2.46. The second kappa shape index (κ2) is 4.96. The smallest absolute Gasteiger partial charge is 0.203 e. The van der Waals surface area contributed by atoms with Crippen LogP contribution in [0.4, 0.5) is 0 Å². The summed E-state index contributed by atoms with van der Waals surface area (Å²) in [5, 5.41) is 11.9. The summed E-state index contributed by atoms with van der Waals surface area (Å²) in [6.45, 7) is 5.31. The van der Waals surface area contributed by atoms with Crippen LogP contribution in [0.25, 0.3) is 0 Å². The van der Waals surface area contributed by atoms with Gasteiger partial charge in [0.25, 0.3) is 0 Å². The highest BCUT2D eigenvalue weighted by molar-refractivity contribution is 5.19. The average Bonchev–Trinajstić information content (AvgIpc) is 2.62. The zero-order valence-corrected chi connectivity index (χ0v) is 9.33. The predicted molar refractivity (Wildman–Crippen MR) is 56.2 cm³/mol. The maximum atomic E-state index is 8.58. The summed E-state index contributed by atoms with van der Waals surface area (Å²) >= 11 is 0. The van der Waals surface area contributed by atoms with Crippen molar-refractivity contribution in [2.45, 2.75) is 25.9 Å². The topological polar surface area (TPSA) is 58.2 Å². The predicted octanol–water partition coefficient (Wildman–Crippen LogP) is 1.67. The fourth-order valence-corrected chi connectivity index (χ4v) is 1.27. The van der Waals surface area contributed by atoms with Crippen LogP contribution in [0.2, 0.25) is 0 Å². The number of hydrogen-bond donors (Lipinski definition) is 1. The monoisotopic (exact) mass is 208 g/mol. The van der Waals surface area contributed by atoms with E-state index in [-0.39, 0.29) is 5.54 Å². The van der Waals surface area contributed by atoms with Gasteiger partial charge in [-0.05, 0) is 26.0 Å². The summed E-state index contributed by atoms with van der Waals surface area (Å²) in [6.07, 6.45) is 0. The Labute approximate surface area is 89.8 Å². The van der Waals surface area contributed by atoms with Crippen LogP contribution < -0.4 is 5.32 Å². The van der Waals surface area contributed by atoms with Crippen LogP contribution in [-0.2, 0) is 11.3 Å². The molecule has 1 N–H and O–H groups in total. The summed E-state index contributed by atoms with van der Waals surface area (Å²) in [5.74, 6) is 1.10. The van der Waals surface area contributed by atoms with Gasteiger partial charge in [-0.3, -0.25) is 0 Å². The molecule has 1 heterocycles. The number of ether oxygens (including phenoxy) is 1. The van der Waals surface area contributed by atoms with Gasteiger partial charge in [0.05, 0.1) is 13.2 Å². The molecule has 0 aliphatic carbocycles. The first-order valence-corrected chi connectivity index (χ1v) is 4.80. The third kappa shape index (κ3) is 3.74. The molecule has 0 atom stereocenters. The van der Waals surface area contributed by atoms with Gasteiger partial charge in [0.15, 0.2) is 0 Å². The first-order chi connectivity index (χ1) is 7.07. The van der Waals surface area contributed by atoms with E-state index < -0.39 is 0 Å². The van der Waals surface area contributed by atoms with E-state index in [1.165, 1.54) is 0 Å². The van der Waals surface area contributed by atoms with Gasteiger partial charge >= 0.3 is 0 Å². The number of hydrogen-bond acceptors (Lipinski definition) is 4. The summed E-state index contributed by atoms with van der Waals surface area (Å²) in [4.78, 5) is 0. The minimum absolute atomic E-state index is 0.103. The number of nitrogens with zero attached hydrogens (tertiary/aromatic N) is 1. The molecular weight excluding hydrogens is 192 g/mol. The molecule has 0 saturated carbocycles.